The molecule has 1 aromatic rings. The smallest absolute Gasteiger partial charge is 0.199 e. The van der Waals surface area contributed by atoms with Crippen molar-refractivity contribution in [3.63, 3.8) is 0 Å². The van der Waals surface area contributed by atoms with Crippen LogP contribution in [0.4, 0.5) is 0 Å². The van der Waals surface area contributed by atoms with E-state index < -0.39 is 9.84 Å². The number of azide groups is 1. The maximum absolute atomic E-state index is 11.5. The fourth-order valence-corrected chi connectivity index (χ4v) is 1.83. The molecule has 0 radical (unpaired) electrons. The molecular weight excluding hydrogens is 214 g/mol. The summed E-state index contributed by atoms with van der Waals surface area (Å²) in [6.07, 6.45) is 0.912. The highest BCUT2D eigenvalue weighted by Crippen LogP contribution is 2.12. The highest BCUT2D eigenvalue weighted by atomic mass is 32.2. The Morgan fingerprint density at radius 1 is 1.33 bits per heavy atom. The lowest BCUT2D eigenvalue weighted by molar-refractivity contribution is 0.604. The Bertz CT molecular complexity index is 511. The van der Waals surface area contributed by atoms with E-state index in [1.54, 1.807) is 12.1 Å². The molecule has 1 aromatic carbocycles. The number of aryl methyl sites for hydroxylation is 1. The van der Waals surface area contributed by atoms with Gasteiger partial charge < -0.3 is 0 Å². The molecule has 0 heterocycles. The maximum atomic E-state index is 11.5. The number of sulfone groups is 1. The molecule has 0 fully saturated rings. The molecule has 0 aliphatic carbocycles. The Morgan fingerprint density at radius 2 is 1.93 bits per heavy atom. The van der Waals surface area contributed by atoms with Crippen LogP contribution in [-0.4, -0.2) is 8.42 Å². The number of hydrogen-bond donors (Lipinski definition) is 0. The average molecular weight is 223 g/mol. The lowest BCUT2D eigenvalue weighted by Gasteiger charge is -1.98. The second-order valence-electron chi connectivity index (χ2n) is 2.85. The van der Waals surface area contributed by atoms with Crippen LogP contribution in [0.15, 0.2) is 45.9 Å². The second kappa shape index (κ2) is 4.63. The van der Waals surface area contributed by atoms with Gasteiger partial charge in [0.15, 0.2) is 9.84 Å². The fourth-order valence-electron chi connectivity index (χ4n) is 0.944. The first kappa shape index (κ1) is 11.3. The lowest BCUT2D eigenvalue weighted by Crippen LogP contribution is -1.95. The molecular formula is C9H9N3O2S. The van der Waals surface area contributed by atoms with Crippen LogP contribution < -0.4 is 0 Å². The standard InChI is InChI=1S/C9H9N3O2S/c1-8-2-4-9(5-3-8)15(13,14)7-6-11-12-10/h2-7H,1H3/b7-6-. The predicted octanol–water partition coefficient (Wildman–Crippen LogP) is 2.55. The highest BCUT2D eigenvalue weighted by molar-refractivity contribution is 7.94. The largest absolute Gasteiger partial charge is 0.219 e. The van der Waals surface area contributed by atoms with Gasteiger partial charge in [-0.15, -0.1) is 0 Å². The van der Waals surface area contributed by atoms with Gasteiger partial charge in [0.25, 0.3) is 0 Å². The monoisotopic (exact) mass is 223 g/mol. The summed E-state index contributed by atoms with van der Waals surface area (Å²) in [5.41, 5.74) is 8.96. The van der Waals surface area contributed by atoms with Gasteiger partial charge in [0.05, 0.1) is 4.90 Å². The van der Waals surface area contributed by atoms with E-state index in [0.717, 1.165) is 17.2 Å². The Kier molecular flexibility index (Phi) is 3.49. The van der Waals surface area contributed by atoms with Gasteiger partial charge in [0, 0.05) is 16.5 Å². The first-order valence-corrected chi connectivity index (χ1v) is 5.63. The van der Waals surface area contributed by atoms with Gasteiger partial charge >= 0.3 is 0 Å². The molecule has 1 rings (SSSR count). The Labute approximate surface area is 87.6 Å². The molecule has 0 N–H and O–H groups in total. The Hall–Kier alpha value is -1.78. The van der Waals surface area contributed by atoms with Crippen molar-refractivity contribution in [1.29, 1.82) is 0 Å². The minimum absolute atomic E-state index is 0.178. The van der Waals surface area contributed by atoms with Crippen LogP contribution in [0.1, 0.15) is 5.56 Å². The SMILES string of the molecule is Cc1ccc(S(=O)(=O)/C=C\N=[N+]=[N-])cc1. The zero-order valence-corrected chi connectivity index (χ0v) is 8.85. The van der Waals surface area contributed by atoms with Gasteiger partial charge in [-0.1, -0.05) is 22.8 Å². The van der Waals surface area contributed by atoms with Crippen LogP contribution in [0.25, 0.3) is 10.4 Å². The molecule has 0 atom stereocenters. The van der Waals surface area contributed by atoms with Crippen LogP contribution in [0, 0.1) is 6.92 Å². The topological polar surface area (TPSA) is 82.9 Å². The fraction of sp³-hybridized carbons (Fsp3) is 0.111. The molecule has 0 aromatic heterocycles. The highest BCUT2D eigenvalue weighted by Gasteiger charge is 2.08. The zero-order chi connectivity index (χ0) is 11.3. The molecule has 0 saturated heterocycles. The summed E-state index contributed by atoms with van der Waals surface area (Å²) in [5.74, 6) is 0. The molecule has 6 heteroatoms. The third-order valence-corrected chi connectivity index (χ3v) is 3.12. The number of rotatable bonds is 3. The first-order valence-electron chi connectivity index (χ1n) is 4.09. The summed E-state index contributed by atoms with van der Waals surface area (Å²) in [6, 6.07) is 6.42. The minimum atomic E-state index is -3.49. The van der Waals surface area contributed by atoms with E-state index in [1.165, 1.54) is 12.1 Å². The first-order chi connectivity index (χ1) is 7.06. The maximum Gasteiger partial charge on any atom is 0.199 e. The third kappa shape index (κ3) is 3.12. The van der Waals surface area contributed by atoms with E-state index in [0.29, 0.717) is 0 Å². The molecule has 78 valence electrons. The summed E-state index contributed by atoms with van der Waals surface area (Å²) in [5, 5.41) is 3.89. The molecule has 0 spiro atoms. The molecule has 0 aliphatic heterocycles. The Morgan fingerprint density at radius 3 is 2.47 bits per heavy atom. The van der Waals surface area contributed by atoms with Crippen LogP contribution >= 0.6 is 0 Å². The van der Waals surface area contributed by atoms with Crippen molar-refractivity contribution in [3.8, 4) is 0 Å². The molecule has 0 unspecified atom stereocenters. The molecule has 0 saturated carbocycles. The van der Waals surface area contributed by atoms with Crippen LogP contribution in [0.5, 0.6) is 0 Å². The van der Waals surface area contributed by atoms with Crippen molar-refractivity contribution < 1.29 is 8.42 Å². The van der Waals surface area contributed by atoms with E-state index in [2.05, 4.69) is 10.0 Å². The van der Waals surface area contributed by atoms with E-state index in [-0.39, 0.29) is 4.90 Å². The van der Waals surface area contributed by atoms with E-state index in [9.17, 15) is 8.42 Å². The van der Waals surface area contributed by atoms with E-state index in [4.69, 9.17) is 5.53 Å². The Balaban J connectivity index is 3.06. The molecule has 15 heavy (non-hydrogen) atoms. The van der Waals surface area contributed by atoms with Gasteiger partial charge in [0.2, 0.25) is 0 Å². The van der Waals surface area contributed by atoms with Crippen molar-refractivity contribution in [2.24, 2.45) is 5.11 Å². The van der Waals surface area contributed by atoms with Crippen LogP contribution in [0.3, 0.4) is 0 Å². The minimum Gasteiger partial charge on any atom is -0.219 e. The van der Waals surface area contributed by atoms with Crippen molar-refractivity contribution in [1.82, 2.24) is 0 Å². The zero-order valence-electron chi connectivity index (χ0n) is 8.03. The second-order valence-corrected chi connectivity index (χ2v) is 4.68. The van der Waals surface area contributed by atoms with Crippen molar-refractivity contribution in [2.45, 2.75) is 11.8 Å². The molecule has 0 bridgehead atoms. The van der Waals surface area contributed by atoms with Crippen molar-refractivity contribution in [3.05, 3.63) is 51.9 Å². The van der Waals surface area contributed by atoms with Crippen molar-refractivity contribution >= 4 is 9.84 Å². The van der Waals surface area contributed by atoms with Gasteiger partial charge in [-0.2, -0.15) is 0 Å². The summed E-state index contributed by atoms with van der Waals surface area (Å²) < 4.78 is 23.1. The average Bonchev–Trinajstić information content (AvgIpc) is 2.18. The van der Waals surface area contributed by atoms with Gasteiger partial charge in [0.1, 0.15) is 0 Å². The van der Waals surface area contributed by atoms with Gasteiger partial charge in [-0.3, -0.25) is 0 Å². The van der Waals surface area contributed by atoms with Crippen LogP contribution in [-0.2, 0) is 9.84 Å². The van der Waals surface area contributed by atoms with Gasteiger partial charge in [-0.05, 0) is 24.6 Å². The quantitative estimate of drug-likeness (QED) is 0.448. The predicted molar refractivity (Wildman–Crippen MR) is 56.7 cm³/mol. The van der Waals surface area contributed by atoms with Gasteiger partial charge in [-0.25, -0.2) is 8.42 Å². The molecule has 0 amide bonds. The normalized spacial score (nSPS) is 11.3. The summed E-state index contributed by atoms with van der Waals surface area (Å²) in [7, 11) is -3.49. The number of nitrogens with zero attached hydrogens (tertiary/aromatic N) is 3. The number of hydrogen-bond acceptors (Lipinski definition) is 3. The molecule has 5 nitrogen and oxygen atoms in total. The summed E-state index contributed by atoms with van der Waals surface area (Å²) in [4.78, 5) is 2.60. The van der Waals surface area contributed by atoms with E-state index in [1.807, 2.05) is 6.92 Å². The van der Waals surface area contributed by atoms with E-state index >= 15 is 0 Å². The summed E-state index contributed by atoms with van der Waals surface area (Å²) >= 11 is 0. The molecule has 0 aliphatic rings. The lowest BCUT2D eigenvalue weighted by atomic mass is 10.2. The summed E-state index contributed by atoms with van der Waals surface area (Å²) in [6.45, 7) is 1.87. The van der Waals surface area contributed by atoms with Crippen molar-refractivity contribution in [2.75, 3.05) is 0 Å². The third-order valence-electron chi connectivity index (χ3n) is 1.71. The van der Waals surface area contributed by atoms with Crippen LogP contribution in [0.2, 0.25) is 0 Å². The number of benzene rings is 1.